The molecule has 0 radical (unpaired) electrons. The van der Waals surface area contributed by atoms with E-state index in [9.17, 15) is 4.79 Å². The number of hydrogen-bond donors (Lipinski definition) is 1. The molecule has 0 aliphatic carbocycles. The number of hydrogen-bond acceptors (Lipinski definition) is 4. The summed E-state index contributed by atoms with van der Waals surface area (Å²) in [7, 11) is 1.61. The van der Waals surface area contributed by atoms with Gasteiger partial charge in [-0.2, -0.15) is 5.10 Å². The number of ether oxygens (including phenoxy) is 1. The number of aromatic nitrogens is 3. The molecular weight excluding hydrogens is 304 g/mol. The number of carbonyl (C=O) groups is 1. The van der Waals surface area contributed by atoms with E-state index in [1.807, 2.05) is 44.2 Å². The number of pyridine rings is 1. The van der Waals surface area contributed by atoms with Gasteiger partial charge in [0.05, 0.1) is 19.0 Å². The van der Waals surface area contributed by atoms with Crippen molar-refractivity contribution in [1.82, 2.24) is 14.6 Å². The van der Waals surface area contributed by atoms with Gasteiger partial charge in [0.1, 0.15) is 11.6 Å². The smallest absolute Gasteiger partial charge is 0.248 e. The van der Waals surface area contributed by atoms with Crippen LogP contribution in [0.5, 0.6) is 5.75 Å². The van der Waals surface area contributed by atoms with Gasteiger partial charge in [0.2, 0.25) is 5.91 Å². The normalized spacial score (nSPS) is 11.1. The van der Waals surface area contributed by atoms with Gasteiger partial charge >= 0.3 is 0 Å². The number of amides is 1. The molecule has 1 amide bonds. The highest BCUT2D eigenvalue weighted by atomic mass is 16.5. The van der Waals surface area contributed by atoms with E-state index in [-0.39, 0.29) is 5.91 Å². The molecule has 3 rings (SSSR count). The SMILES string of the molecule is COc1cccc(/C=C/C(=O)Nc2cc(C)c3nc(C)nn3c2)c1. The number of nitrogens with zero attached hydrogens (tertiary/aromatic N) is 3. The van der Waals surface area contributed by atoms with Crippen molar-refractivity contribution in [3.8, 4) is 5.75 Å². The lowest BCUT2D eigenvalue weighted by Gasteiger charge is -2.05. The summed E-state index contributed by atoms with van der Waals surface area (Å²) >= 11 is 0. The van der Waals surface area contributed by atoms with Crippen LogP contribution in [0.4, 0.5) is 5.69 Å². The third-order valence-electron chi connectivity index (χ3n) is 3.51. The highest BCUT2D eigenvalue weighted by Gasteiger charge is 2.06. The first kappa shape index (κ1) is 15.7. The van der Waals surface area contributed by atoms with Crippen molar-refractivity contribution in [1.29, 1.82) is 0 Å². The summed E-state index contributed by atoms with van der Waals surface area (Å²) in [6.45, 7) is 3.77. The third-order valence-corrected chi connectivity index (χ3v) is 3.51. The summed E-state index contributed by atoms with van der Waals surface area (Å²) < 4.78 is 6.84. The molecule has 0 unspecified atom stereocenters. The maximum Gasteiger partial charge on any atom is 0.248 e. The summed E-state index contributed by atoms with van der Waals surface area (Å²) in [5, 5.41) is 7.11. The lowest BCUT2D eigenvalue weighted by Crippen LogP contribution is -2.09. The van der Waals surface area contributed by atoms with Crippen LogP contribution in [0.1, 0.15) is 17.0 Å². The molecule has 1 N–H and O–H groups in total. The minimum absolute atomic E-state index is 0.214. The van der Waals surface area contributed by atoms with Crippen molar-refractivity contribution in [3.05, 3.63) is 59.6 Å². The number of rotatable bonds is 4. The van der Waals surface area contributed by atoms with Crippen LogP contribution in [0.2, 0.25) is 0 Å². The van der Waals surface area contributed by atoms with Gasteiger partial charge in [-0.3, -0.25) is 4.79 Å². The number of anilines is 1. The lowest BCUT2D eigenvalue weighted by atomic mass is 10.2. The summed E-state index contributed by atoms with van der Waals surface area (Å²) in [6, 6.07) is 9.37. The molecule has 24 heavy (non-hydrogen) atoms. The van der Waals surface area contributed by atoms with Crippen LogP contribution >= 0.6 is 0 Å². The van der Waals surface area contributed by atoms with Gasteiger partial charge in [0.15, 0.2) is 5.65 Å². The van der Waals surface area contributed by atoms with Gasteiger partial charge in [-0.25, -0.2) is 9.50 Å². The van der Waals surface area contributed by atoms with Crippen molar-refractivity contribution < 1.29 is 9.53 Å². The highest BCUT2D eigenvalue weighted by Crippen LogP contribution is 2.16. The molecule has 0 saturated carbocycles. The monoisotopic (exact) mass is 322 g/mol. The average molecular weight is 322 g/mol. The van der Waals surface area contributed by atoms with E-state index in [1.165, 1.54) is 6.08 Å². The third kappa shape index (κ3) is 3.43. The quantitative estimate of drug-likeness (QED) is 0.750. The number of fused-ring (bicyclic) bond motifs is 1. The second kappa shape index (κ2) is 6.54. The van der Waals surface area contributed by atoms with Crippen molar-refractivity contribution in [3.63, 3.8) is 0 Å². The molecule has 0 saturated heterocycles. The zero-order valence-corrected chi connectivity index (χ0v) is 13.8. The van der Waals surface area contributed by atoms with E-state index in [1.54, 1.807) is 23.9 Å². The Kier molecular flexibility index (Phi) is 4.29. The fourth-order valence-corrected chi connectivity index (χ4v) is 2.43. The number of carbonyl (C=O) groups excluding carboxylic acids is 1. The second-order valence-electron chi connectivity index (χ2n) is 5.44. The standard InChI is InChI=1S/C18H18N4O2/c1-12-9-15(11-22-18(12)19-13(2)21-22)20-17(23)8-7-14-5-4-6-16(10-14)24-3/h4-11H,1-3H3,(H,20,23)/b8-7+. The minimum Gasteiger partial charge on any atom is -0.497 e. The number of aryl methyl sites for hydroxylation is 2. The Labute approximate surface area is 139 Å². The molecule has 1 aromatic carbocycles. The van der Waals surface area contributed by atoms with Crippen LogP contribution in [-0.2, 0) is 4.79 Å². The Balaban J connectivity index is 1.75. The van der Waals surface area contributed by atoms with E-state index < -0.39 is 0 Å². The predicted molar refractivity (Wildman–Crippen MR) is 93.1 cm³/mol. The molecule has 122 valence electrons. The zero-order valence-electron chi connectivity index (χ0n) is 13.8. The molecule has 0 aliphatic rings. The van der Waals surface area contributed by atoms with Gasteiger partial charge in [0.25, 0.3) is 0 Å². The summed E-state index contributed by atoms with van der Waals surface area (Å²) in [5.74, 6) is 1.23. The van der Waals surface area contributed by atoms with Crippen LogP contribution in [-0.4, -0.2) is 27.6 Å². The minimum atomic E-state index is -0.214. The van der Waals surface area contributed by atoms with E-state index in [4.69, 9.17) is 4.74 Å². The number of benzene rings is 1. The Morgan fingerprint density at radius 3 is 2.92 bits per heavy atom. The molecule has 0 fully saturated rings. The molecule has 0 atom stereocenters. The van der Waals surface area contributed by atoms with Gasteiger partial charge < -0.3 is 10.1 Å². The molecular formula is C18H18N4O2. The first-order valence-electron chi connectivity index (χ1n) is 7.52. The predicted octanol–water partition coefficient (Wildman–Crippen LogP) is 3.01. The molecule has 2 heterocycles. The van der Waals surface area contributed by atoms with E-state index >= 15 is 0 Å². The highest BCUT2D eigenvalue weighted by molar-refractivity contribution is 6.02. The van der Waals surface area contributed by atoms with Crippen molar-refractivity contribution >= 4 is 23.3 Å². The van der Waals surface area contributed by atoms with Crippen LogP contribution in [0.3, 0.4) is 0 Å². The maximum atomic E-state index is 12.1. The molecule has 6 heteroatoms. The molecule has 0 spiro atoms. The Morgan fingerprint density at radius 1 is 1.29 bits per heavy atom. The average Bonchev–Trinajstić information content (AvgIpc) is 2.94. The van der Waals surface area contributed by atoms with Gasteiger partial charge in [-0.15, -0.1) is 0 Å². The summed E-state index contributed by atoms with van der Waals surface area (Å²) in [5.41, 5.74) is 3.30. The Bertz CT molecular complexity index is 928. The molecule has 0 bridgehead atoms. The van der Waals surface area contributed by atoms with E-state index in [0.29, 0.717) is 11.5 Å². The first-order chi connectivity index (χ1) is 11.5. The van der Waals surface area contributed by atoms with E-state index in [2.05, 4.69) is 15.4 Å². The van der Waals surface area contributed by atoms with Gasteiger partial charge in [-0.05, 0) is 49.2 Å². The van der Waals surface area contributed by atoms with Crippen molar-refractivity contribution in [2.75, 3.05) is 12.4 Å². The first-order valence-corrected chi connectivity index (χ1v) is 7.52. The molecule has 2 aromatic heterocycles. The van der Waals surface area contributed by atoms with Crippen molar-refractivity contribution in [2.24, 2.45) is 0 Å². The summed E-state index contributed by atoms with van der Waals surface area (Å²) in [4.78, 5) is 16.5. The van der Waals surface area contributed by atoms with Gasteiger partial charge in [0, 0.05) is 6.08 Å². The molecule has 0 aliphatic heterocycles. The van der Waals surface area contributed by atoms with Gasteiger partial charge in [-0.1, -0.05) is 12.1 Å². The molecule has 3 aromatic rings. The van der Waals surface area contributed by atoms with E-state index in [0.717, 1.165) is 22.5 Å². The largest absolute Gasteiger partial charge is 0.497 e. The zero-order chi connectivity index (χ0) is 17.1. The second-order valence-corrected chi connectivity index (χ2v) is 5.44. The van der Waals surface area contributed by atoms with Crippen molar-refractivity contribution in [2.45, 2.75) is 13.8 Å². The van der Waals surface area contributed by atoms with Crippen LogP contribution in [0.25, 0.3) is 11.7 Å². The lowest BCUT2D eigenvalue weighted by molar-refractivity contribution is -0.111. The topological polar surface area (TPSA) is 68.5 Å². The van der Waals surface area contributed by atoms with Crippen LogP contribution in [0, 0.1) is 13.8 Å². The van der Waals surface area contributed by atoms with Crippen LogP contribution < -0.4 is 10.1 Å². The molecule has 6 nitrogen and oxygen atoms in total. The fourth-order valence-electron chi connectivity index (χ4n) is 2.43. The number of nitrogens with one attached hydrogen (secondary N) is 1. The van der Waals surface area contributed by atoms with Crippen LogP contribution in [0.15, 0.2) is 42.6 Å². The Hall–Kier alpha value is -3.15. The fraction of sp³-hybridized carbons (Fsp3) is 0.167. The number of methoxy groups -OCH3 is 1. The maximum absolute atomic E-state index is 12.1. The Morgan fingerprint density at radius 2 is 2.12 bits per heavy atom. The summed E-state index contributed by atoms with van der Waals surface area (Å²) in [6.07, 6.45) is 4.98.